The molecule has 2 aliphatic rings. The monoisotopic (exact) mass is 406 g/mol. The molecule has 0 bridgehead atoms. The molecule has 0 unspecified atom stereocenters. The maximum absolute atomic E-state index is 12.8. The van der Waals surface area contributed by atoms with Crippen molar-refractivity contribution in [3.63, 3.8) is 0 Å². The van der Waals surface area contributed by atoms with E-state index < -0.39 is 21.7 Å². The van der Waals surface area contributed by atoms with Crippen LogP contribution >= 0.6 is 0 Å². The van der Waals surface area contributed by atoms with Crippen LogP contribution in [0.15, 0.2) is 35.4 Å². The standard InChI is InChI=1S/C26H30O4/c1-23(2)17(19(27)25(5,6)21(23)29)13-15-9-11-16(12-10-15)14-18-20(28)26(7,8)22(30)24(18,3)4/h9-14H,1-8H3. The first-order chi connectivity index (χ1) is 13.6. The summed E-state index contributed by atoms with van der Waals surface area (Å²) in [6, 6.07) is 7.44. The number of rotatable bonds is 2. The molecule has 0 amide bonds. The fourth-order valence-corrected chi connectivity index (χ4v) is 4.77. The molecule has 1 aromatic rings. The minimum atomic E-state index is -1.01. The Morgan fingerprint density at radius 1 is 0.500 bits per heavy atom. The van der Waals surface area contributed by atoms with Gasteiger partial charge in [0.25, 0.3) is 0 Å². The average molecular weight is 407 g/mol. The Kier molecular flexibility index (Phi) is 4.74. The van der Waals surface area contributed by atoms with Crippen LogP contribution in [0.4, 0.5) is 0 Å². The lowest BCUT2D eigenvalue weighted by molar-refractivity contribution is -0.136. The Labute approximate surface area is 178 Å². The van der Waals surface area contributed by atoms with Crippen molar-refractivity contribution in [1.82, 2.24) is 0 Å². The molecule has 0 aliphatic heterocycles. The largest absolute Gasteiger partial charge is 0.298 e. The summed E-state index contributed by atoms with van der Waals surface area (Å²) in [4.78, 5) is 50.9. The zero-order valence-electron chi connectivity index (χ0n) is 19.1. The number of allylic oxidation sites excluding steroid dienone is 2. The smallest absolute Gasteiger partial charge is 0.172 e. The number of ketones is 4. The third-order valence-corrected chi connectivity index (χ3v) is 6.80. The summed E-state index contributed by atoms with van der Waals surface area (Å²) in [7, 11) is 0. The van der Waals surface area contributed by atoms with Crippen molar-refractivity contribution in [2.24, 2.45) is 21.7 Å². The average Bonchev–Trinajstić information content (AvgIpc) is 2.85. The highest BCUT2D eigenvalue weighted by Crippen LogP contribution is 2.48. The Hall–Kier alpha value is -2.62. The molecule has 0 spiro atoms. The van der Waals surface area contributed by atoms with Crippen LogP contribution in [-0.2, 0) is 19.2 Å². The molecule has 2 fully saturated rings. The number of hydrogen-bond acceptors (Lipinski definition) is 4. The molecule has 30 heavy (non-hydrogen) atoms. The second kappa shape index (κ2) is 6.44. The van der Waals surface area contributed by atoms with E-state index in [0.717, 1.165) is 11.1 Å². The topological polar surface area (TPSA) is 68.3 Å². The molecule has 2 saturated carbocycles. The van der Waals surface area contributed by atoms with Crippen LogP contribution in [0.25, 0.3) is 12.2 Å². The second-order valence-corrected chi connectivity index (χ2v) is 10.6. The van der Waals surface area contributed by atoms with Crippen LogP contribution in [-0.4, -0.2) is 23.1 Å². The van der Waals surface area contributed by atoms with Gasteiger partial charge < -0.3 is 0 Å². The molecule has 0 N–H and O–H groups in total. The molecule has 2 aliphatic carbocycles. The van der Waals surface area contributed by atoms with Crippen molar-refractivity contribution >= 4 is 35.3 Å². The van der Waals surface area contributed by atoms with E-state index in [2.05, 4.69) is 0 Å². The van der Waals surface area contributed by atoms with E-state index in [1.807, 2.05) is 24.3 Å². The zero-order valence-corrected chi connectivity index (χ0v) is 19.1. The van der Waals surface area contributed by atoms with Gasteiger partial charge in [-0.15, -0.1) is 0 Å². The number of hydrogen-bond donors (Lipinski definition) is 0. The van der Waals surface area contributed by atoms with Gasteiger partial charge >= 0.3 is 0 Å². The highest BCUT2D eigenvalue weighted by atomic mass is 16.2. The van der Waals surface area contributed by atoms with E-state index in [1.165, 1.54) is 0 Å². The van der Waals surface area contributed by atoms with Gasteiger partial charge in [0.1, 0.15) is 0 Å². The summed E-state index contributed by atoms with van der Waals surface area (Å²) in [5.74, 6) is -0.408. The number of benzene rings is 1. The van der Waals surface area contributed by atoms with Gasteiger partial charge in [0.2, 0.25) is 0 Å². The van der Waals surface area contributed by atoms with Crippen molar-refractivity contribution in [1.29, 1.82) is 0 Å². The molecular weight excluding hydrogens is 376 g/mol. The second-order valence-electron chi connectivity index (χ2n) is 10.6. The van der Waals surface area contributed by atoms with E-state index in [1.54, 1.807) is 67.5 Å². The van der Waals surface area contributed by atoms with Crippen molar-refractivity contribution in [2.75, 3.05) is 0 Å². The Bertz CT molecular complexity index is 956. The summed E-state index contributed by atoms with van der Waals surface area (Å²) in [6.07, 6.45) is 3.56. The van der Waals surface area contributed by atoms with E-state index >= 15 is 0 Å². The van der Waals surface area contributed by atoms with Gasteiger partial charge in [0, 0.05) is 11.1 Å². The zero-order chi connectivity index (χ0) is 22.9. The Morgan fingerprint density at radius 3 is 0.967 bits per heavy atom. The highest BCUT2D eigenvalue weighted by Gasteiger charge is 2.56. The molecule has 0 radical (unpaired) electrons. The minimum absolute atomic E-state index is 0.0677. The maximum Gasteiger partial charge on any atom is 0.172 e. The van der Waals surface area contributed by atoms with Gasteiger partial charge in [-0.1, -0.05) is 24.3 Å². The number of carbonyl (C=O) groups is 4. The molecule has 4 nitrogen and oxygen atoms in total. The van der Waals surface area contributed by atoms with Crippen LogP contribution in [0.3, 0.4) is 0 Å². The van der Waals surface area contributed by atoms with E-state index in [4.69, 9.17) is 0 Å². The van der Waals surface area contributed by atoms with Crippen molar-refractivity contribution < 1.29 is 19.2 Å². The van der Waals surface area contributed by atoms with E-state index in [9.17, 15) is 19.2 Å². The van der Waals surface area contributed by atoms with Crippen LogP contribution in [0, 0.1) is 21.7 Å². The first kappa shape index (κ1) is 22.1. The normalized spacial score (nSPS) is 26.8. The van der Waals surface area contributed by atoms with Crippen molar-refractivity contribution in [3.8, 4) is 0 Å². The highest BCUT2D eigenvalue weighted by molar-refractivity contribution is 6.27. The maximum atomic E-state index is 12.8. The van der Waals surface area contributed by atoms with Crippen LogP contribution in [0.1, 0.15) is 66.5 Å². The molecular formula is C26H30O4. The van der Waals surface area contributed by atoms with Gasteiger partial charge in [-0.3, -0.25) is 19.2 Å². The predicted octanol–water partition coefficient (Wildman–Crippen LogP) is 4.86. The quantitative estimate of drug-likeness (QED) is 0.519. The van der Waals surface area contributed by atoms with E-state index in [0.29, 0.717) is 11.1 Å². The van der Waals surface area contributed by atoms with Crippen LogP contribution in [0.5, 0.6) is 0 Å². The van der Waals surface area contributed by atoms with Crippen molar-refractivity contribution in [3.05, 3.63) is 46.5 Å². The van der Waals surface area contributed by atoms with Gasteiger partial charge in [0.05, 0.1) is 21.7 Å². The Morgan fingerprint density at radius 2 is 0.767 bits per heavy atom. The Balaban J connectivity index is 1.97. The summed E-state index contributed by atoms with van der Waals surface area (Å²) >= 11 is 0. The molecule has 158 valence electrons. The number of carbonyl (C=O) groups excluding carboxylic acids is 4. The van der Waals surface area contributed by atoms with Gasteiger partial charge in [-0.25, -0.2) is 0 Å². The SMILES string of the molecule is CC1(C)C(=O)C(=Cc2ccc(C=C3C(=O)C(C)(C)C(=O)C3(C)C)cc2)C(C)(C)C1=O. The summed E-state index contributed by atoms with van der Waals surface area (Å²) in [5.41, 5.74) is -1.01. The van der Waals surface area contributed by atoms with E-state index in [-0.39, 0.29) is 23.1 Å². The predicted molar refractivity (Wildman–Crippen MR) is 118 cm³/mol. The minimum Gasteiger partial charge on any atom is -0.298 e. The van der Waals surface area contributed by atoms with Crippen LogP contribution in [0.2, 0.25) is 0 Å². The fraction of sp³-hybridized carbons (Fsp3) is 0.462. The van der Waals surface area contributed by atoms with Crippen LogP contribution < -0.4 is 0 Å². The molecule has 0 heterocycles. The first-order valence-corrected chi connectivity index (χ1v) is 10.3. The van der Waals surface area contributed by atoms with Gasteiger partial charge in [0.15, 0.2) is 23.1 Å². The summed E-state index contributed by atoms with van der Waals surface area (Å²) in [6.45, 7) is 13.9. The van der Waals surface area contributed by atoms with Gasteiger partial charge in [-0.2, -0.15) is 0 Å². The molecule has 0 atom stereocenters. The molecule has 0 aromatic heterocycles. The third kappa shape index (κ3) is 2.96. The van der Waals surface area contributed by atoms with Crippen molar-refractivity contribution in [2.45, 2.75) is 55.4 Å². The first-order valence-electron chi connectivity index (χ1n) is 10.3. The fourth-order valence-electron chi connectivity index (χ4n) is 4.77. The molecule has 0 saturated heterocycles. The van der Waals surface area contributed by atoms with Gasteiger partial charge in [-0.05, 0) is 78.7 Å². The lowest BCUT2D eigenvalue weighted by atomic mass is 9.81. The lowest BCUT2D eigenvalue weighted by Crippen LogP contribution is -2.29. The third-order valence-electron chi connectivity index (χ3n) is 6.80. The number of Topliss-reactive ketones (excluding diaryl/α,β-unsaturated/α-hetero) is 4. The summed E-state index contributed by atoms with van der Waals surface area (Å²) in [5, 5.41) is 0. The molecule has 1 aromatic carbocycles. The molecule has 4 heteroatoms. The lowest BCUT2D eigenvalue weighted by Gasteiger charge is -2.19. The summed E-state index contributed by atoms with van der Waals surface area (Å²) < 4.78 is 0. The molecule has 3 rings (SSSR count).